The minimum absolute atomic E-state index is 0.0903. The van der Waals surface area contributed by atoms with Crippen molar-refractivity contribution in [1.82, 2.24) is 0 Å². The van der Waals surface area contributed by atoms with Crippen LogP contribution in [0, 0.1) is 20.8 Å². The van der Waals surface area contributed by atoms with Crippen LogP contribution in [0.5, 0.6) is 0 Å². The van der Waals surface area contributed by atoms with Crippen molar-refractivity contribution >= 4 is 29.7 Å². The zero-order chi connectivity index (χ0) is 31.1. The Hall–Kier alpha value is -4.40. The zero-order valence-corrected chi connectivity index (χ0v) is 25.6. The van der Waals surface area contributed by atoms with Gasteiger partial charge in [0.05, 0.1) is 28.5 Å². The van der Waals surface area contributed by atoms with E-state index in [1.54, 1.807) is 36.4 Å². The highest BCUT2D eigenvalue weighted by molar-refractivity contribution is 8.00. The third-order valence-electron chi connectivity index (χ3n) is 7.26. The van der Waals surface area contributed by atoms with Crippen molar-refractivity contribution in [2.24, 2.45) is 0 Å². The summed E-state index contributed by atoms with van der Waals surface area (Å²) in [5, 5.41) is -0.574. The Labute approximate surface area is 261 Å². The lowest BCUT2D eigenvalue weighted by molar-refractivity contribution is -0.0860. The second-order valence-corrected chi connectivity index (χ2v) is 12.1. The van der Waals surface area contributed by atoms with Gasteiger partial charge in [-0.2, -0.15) is 0 Å². The molecule has 226 valence electrons. The Morgan fingerprint density at radius 2 is 1.07 bits per heavy atom. The second-order valence-electron chi connectivity index (χ2n) is 10.8. The number of carbonyl (C=O) groups is 3. The summed E-state index contributed by atoms with van der Waals surface area (Å²) in [6, 6.07) is 30.7. The molecule has 0 aromatic heterocycles. The molecule has 0 aliphatic carbocycles. The number of benzene rings is 4. The molecule has 1 heterocycles. The number of aryl methyl sites for hydroxylation is 3. The molecule has 4 aromatic rings. The van der Waals surface area contributed by atoms with Crippen molar-refractivity contribution in [3.63, 3.8) is 0 Å². The first-order chi connectivity index (χ1) is 21.3. The van der Waals surface area contributed by atoms with E-state index in [1.807, 2.05) is 87.5 Å². The van der Waals surface area contributed by atoms with E-state index in [0.29, 0.717) is 16.7 Å². The Morgan fingerprint density at radius 3 is 1.59 bits per heavy atom. The molecule has 0 saturated carbocycles. The minimum Gasteiger partial charge on any atom is -0.461 e. The number of thioether (sulfide) groups is 1. The number of hydrogen-bond donors (Lipinski definition) is 0. The number of hydrogen-bond acceptors (Lipinski definition) is 8. The van der Waals surface area contributed by atoms with Crippen molar-refractivity contribution in [2.45, 2.75) is 50.3 Å². The summed E-state index contributed by atoms with van der Waals surface area (Å²) in [6.07, 6.45) is -1.73. The summed E-state index contributed by atoms with van der Waals surface area (Å²) in [6.45, 7) is 5.91. The molecule has 5 rings (SSSR count). The Kier molecular flexibility index (Phi) is 10.1. The molecule has 1 aliphatic rings. The van der Waals surface area contributed by atoms with Crippen LogP contribution in [-0.4, -0.2) is 47.4 Å². The monoisotopic (exact) mass is 610 g/mol. The fourth-order valence-electron chi connectivity index (χ4n) is 4.68. The first-order valence-electron chi connectivity index (χ1n) is 14.4. The van der Waals surface area contributed by atoms with E-state index >= 15 is 0 Å². The maximum Gasteiger partial charge on any atom is 0.339 e. The maximum absolute atomic E-state index is 13.3. The zero-order valence-electron chi connectivity index (χ0n) is 24.8. The van der Waals surface area contributed by atoms with Crippen LogP contribution < -0.4 is 0 Å². The third kappa shape index (κ3) is 7.95. The van der Waals surface area contributed by atoms with E-state index in [0.717, 1.165) is 22.3 Å². The lowest BCUT2D eigenvalue weighted by Gasteiger charge is -2.26. The van der Waals surface area contributed by atoms with Gasteiger partial charge in [0.1, 0.15) is 18.8 Å². The summed E-state index contributed by atoms with van der Waals surface area (Å²) in [4.78, 5) is 39.5. The molecule has 4 aromatic carbocycles. The molecule has 7 nitrogen and oxygen atoms in total. The van der Waals surface area contributed by atoms with Gasteiger partial charge in [0, 0.05) is 0 Å². The number of esters is 3. The standard InChI is InChI=1S/C36H34O7S/c1-23-9-15-27(16-10-23)33(37)41-22-30-31(42-34(38)28-17-11-24(2)12-18-28)32(40-21-26-7-5-4-6-8-26)36(44-30)43-35(39)29-19-13-25(3)14-20-29/h4-20,30-32,36H,21-22H2,1-3H3/t30-,31+,32+,36?/m0/s1. The lowest BCUT2D eigenvalue weighted by Crippen LogP contribution is -2.41. The van der Waals surface area contributed by atoms with E-state index in [1.165, 1.54) is 11.8 Å². The molecule has 8 heteroatoms. The van der Waals surface area contributed by atoms with Gasteiger partial charge in [-0.15, -0.1) is 11.8 Å². The highest BCUT2D eigenvalue weighted by Gasteiger charge is 2.50. The fraction of sp³-hybridized carbons (Fsp3) is 0.250. The predicted molar refractivity (Wildman–Crippen MR) is 169 cm³/mol. The molecule has 1 aliphatic heterocycles. The number of rotatable bonds is 10. The summed E-state index contributed by atoms with van der Waals surface area (Å²) in [5.41, 5.74) is 4.27. The fourth-order valence-corrected chi connectivity index (χ4v) is 6.07. The van der Waals surface area contributed by atoms with E-state index in [4.69, 9.17) is 18.9 Å². The van der Waals surface area contributed by atoms with Gasteiger partial charge in [-0.25, -0.2) is 14.4 Å². The highest BCUT2D eigenvalue weighted by atomic mass is 32.2. The van der Waals surface area contributed by atoms with Gasteiger partial charge >= 0.3 is 17.9 Å². The van der Waals surface area contributed by atoms with Gasteiger partial charge < -0.3 is 18.9 Å². The average molecular weight is 611 g/mol. The minimum atomic E-state index is -0.890. The van der Waals surface area contributed by atoms with Gasteiger partial charge in [0.15, 0.2) is 5.44 Å². The predicted octanol–water partition coefficient (Wildman–Crippen LogP) is 6.88. The largest absolute Gasteiger partial charge is 0.461 e. The van der Waals surface area contributed by atoms with Crippen molar-refractivity contribution in [3.05, 3.63) is 142 Å². The Morgan fingerprint density at radius 1 is 0.591 bits per heavy atom. The first kappa shape index (κ1) is 31.0. The molecule has 1 fully saturated rings. The lowest BCUT2D eigenvalue weighted by atomic mass is 10.1. The Bertz CT molecular complexity index is 1570. The summed E-state index contributed by atoms with van der Waals surface area (Å²) in [5.74, 6) is -1.59. The quantitative estimate of drug-likeness (QED) is 0.142. The highest BCUT2D eigenvalue weighted by Crippen LogP contribution is 2.40. The van der Waals surface area contributed by atoms with Crippen LogP contribution >= 0.6 is 11.8 Å². The van der Waals surface area contributed by atoms with Crippen LogP contribution in [0.4, 0.5) is 0 Å². The van der Waals surface area contributed by atoms with E-state index in [9.17, 15) is 14.4 Å². The first-order valence-corrected chi connectivity index (χ1v) is 15.3. The van der Waals surface area contributed by atoms with Crippen LogP contribution in [0.2, 0.25) is 0 Å². The Balaban J connectivity index is 1.41. The van der Waals surface area contributed by atoms with E-state index in [-0.39, 0.29) is 13.2 Å². The third-order valence-corrected chi connectivity index (χ3v) is 8.65. The molecule has 0 N–H and O–H groups in total. The molecular weight excluding hydrogens is 576 g/mol. The van der Waals surface area contributed by atoms with Gasteiger partial charge in [-0.1, -0.05) is 83.4 Å². The van der Waals surface area contributed by atoms with Crippen molar-refractivity contribution < 1.29 is 33.3 Å². The van der Waals surface area contributed by atoms with E-state index in [2.05, 4.69) is 0 Å². The van der Waals surface area contributed by atoms with Gasteiger partial charge in [0.25, 0.3) is 0 Å². The van der Waals surface area contributed by atoms with Gasteiger partial charge in [-0.3, -0.25) is 0 Å². The van der Waals surface area contributed by atoms with Crippen LogP contribution in [0.1, 0.15) is 53.3 Å². The molecule has 0 amide bonds. The van der Waals surface area contributed by atoms with E-state index < -0.39 is 40.8 Å². The molecule has 0 bridgehead atoms. The van der Waals surface area contributed by atoms with Gasteiger partial charge in [-0.05, 0) is 62.7 Å². The molecule has 0 spiro atoms. The van der Waals surface area contributed by atoms with Crippen LogP contribution in [0.25, 0.3) is 0 Å². The average Bonchev–Trinajstić information content (AvgIpc) is 3.35. The molecule has 4 atom stereocenters. The van der Waals surface area contributed by atoms with Crippen LogP contribution in [-0.2, 0) is 25.6 Å². The SMILES string of the molecule is Cc1ccc(C(=O)OC[C@@H]2SC(OC(=O)c3ccc(C)cc3)[C@H](OCc3ccccc3)[C@@H]2OC(=O)c2ccc(C)cc2)cc1. The molecule has 1 unspecified atom stereocenters. The maximum atomic E-state index is 13.3. The van der Waals surface area contributed by atoms with Crippen molar-refractivity contribution in [2.75, 3.05) is 6.61 Å². The van der Waals surface area contributed by atoms with Crippen molar-refractivity contribution in [1.29, 1.82) is 0 Å². The molecule has 44 heavy (non-hydrogen) atoms. The van der Waals surface area contributed by atoms with Crippen LogP contribution in [0.3, 0.4) is 0 Å². The van der Waals surface area contributed by atoms with Gasteiger partial charge in [0.2, 0.25) is 0 Å². The summed E-state index contributed by atoms with van der Waals surface area (Å²) in [7, 11) is 0. The van der Waals surface area contributed by atoms with Crippen LogP contribution in [0.15, 0.2) is 103 Å². The van der Waals surface area contributed by atoms with Crippen molar-refractivity contribution in [3.8, 4) is 0 Å². The number of carbonyl (C=O) groups excluding carboxylic acids is 3. The normalized spacial score (nSPS) is 19.2. The smallest absolute Gasteiger partial charge is 0.339 e. The molecular formula is C36H34O7S. The summed E-state index contributed by atoms with van der Waals surface area (Å²) < 4.78 is 24.1. The molecule has 0 radical (unpaired) electrons. The second kappa shape index (κ2) is 14.4. The topological polar surface area (TPSA) is 88.1 Å². The number of ether oxygens (including phenoxy) is 4. The summed E-state index contributed by atoms with van der Waals surface area (Å²) >= 11 is 1.24. The molecule has 1 saturated heterocycles.